The van der Waals surface area contributed by atoms with E-state index in [1.54, 1.807) is 12.1 Å². The van der Waals surface area contributed by atoms with Gasteiger partial charge in [-0.2, -0.15) is 0 Å². The SMILES string of the molecule is C[C@H](NCc1ccc(CO)o1)c1cccc(F)c1. The lowest BCUT2D eigenvalue weighted by molar-refractivity contribution is 0.242. The number of furan rings is 1. The third-order valence-corrected chi connectivity index (χ3v) is 2.80. The Morgan fingerprint density at radius 2 is 2.06 bits per heavy atom. The Morgan fingerprint density at radius 1 is 1.28 bits per heavy atom. The number of aliphatic hydroxyl groups is 1. The Hall–Kier alpha value is -1.65. The van der Waals surface area contributed by atoms with Gasteiger partial charge in [0.1, 0.15) is 23.9 Å². The minimum atomic E-state index is -0.235. The number of aliphatic hydroxyl groups excluding tert-OH is 1. The number of nitrogens with one attached hydrogen (secondary N) is 1. The minimum Gasteiger partial charge on any atom is -0.462 e. The van der Waals surface area contributed by atoms with Crippen molar-refractivity contribution in [3.63, 3.8) is 0 Å². The van der Waals surface area contributed by atoms with E-state index in [1.165, 1.54) is 12.1 Å². The Morgan fingerprint density at radius 3 is 2.72 bits per heavy atom. The zero-order valence-corrected chi connectivity index (χ0v) is 10.2. The maximum atomic E-state index is 13.1. The number of benzene rings is 1. The molecule has 18 heavy (non-hydrogen) atoms. The molecule has 1 aromatic carbocycles. The molecule has 3 nitrogen and oxygen atoms in total. The molecule has 4 heteroatoms. The second-order valence-corrected chi connectivity index (χ2v) is 4.18. The molecule has 2 N–H and O–H groups in total. The van der Waals surface area contributed by atoms with E-state index >= 15 is 0 Å². The van der Waals surface area contributed by atoms with Gasteiger partial charge < -0.3 is 14.8 Å². The molecule has 0 saturated carbocycles. The zero-order chi connectivity index (χ0) is 13.0. The van der Waals surface area contributed by atoms with Gasteiger partial charge in [0.25, 0.3) is 0 Å². The topological polar surface area (TPSA) is 45.4 Å². The summed E-state index contributed by atoms with van der Waals surface area (Å²) in [5.74, 6) is 1.06. The molecular weight excluding hydrogens is 233 g/mol. The molecule has 0 radical (unpaired) electrons. The van der Waals surface area contributed by atoms with Crippen LogP contribution in [0, 0.1) is 5.82 Å². The molecule has 1 heterocycles. The van der Waals surface area contributed by atoms with E-state index in [-0.39, 0.29) is 18.5 Å². The number of rotatable bonds is 5. The summed E-state index contributed by atoms with van der Waals surface area (Å²) in [6.45, 7) is 2.40. The molecule has 0 amide bonds. The summed E-state index contributed by atoms with van der Waals surface area (Å²) in [5.41, 5.74) is 0.893. The largest absolute Gasteiger partial charge is 0.462 e. The molecule has 1 aromatic heterocycles. The molecule has 2 aromatic rings. The van der Waals surface area contributed by atoms with E-state index in [4.69, 9.17) is 9.52 Å². The van der Waals surface area contributed by atoms with Crippen LogP contribution in [-0.4, -0.2) is 5.11 Å². The second-order valence-electron chi connectivity index (χ2n) is 4.18. The summed E-state index contributed by atoms with van der Waals surface area (Å²) in [7, 11) is 0. The summed E-state index contributed by atoms with van der Waals surface area (Å²) in [6.07, 6.45) is 0. The van der Waals surface area contributed by atoms with Gasteiger partial charge in [0.05, 0.1) is 6.54 Å². The van der Waals surface area contributed by atoms with Gasteiger partial charge in [-0.05, 0) is 36.8 Å². The van der Waals surface area contributed by atoms with E-state index < -0.39 is 0 Å². The molecule has 0 aliphatic rings. The highest BCUT2D eigenvalue weighted by Crippen LogP contribution is 2.15. The van der Waals surface area contributed by atoms with Gasteiger partial charge in [-0.15, -0.1) is 0 Å². The van der Waals surface area contributed by atoms with E-state index in [0.717, 1.165) is 11.3 Å². The molecule has 0 spiro atoms. The molecule has 0 unspecified atom stereocenters. The molecular formula is C14H16FNO2. The molecule has 2 rings (SSSR count). The lowest BCUT2D eigenvalue weighted by atomic mass is 10.1. The first-order valence-corrected chi connectivity index (χ1v) is 5.86. The maximum absolute atomic E-state index is 13.1. The van der Waals surface area contributed by atoms with Gasteiger partial charge in [-0.25, -0.2) is 4.39 Å². The first kappa shape index (κ1) is 12.8. The van der Waals surface area contributed by atoms with Gasteiger partial charge in [0.2, 0.25) is 0 Å². The molecule has 0 aliphatic heterocycles. The van der Waals surface area contributed by atoms with Crippen LogP contribution >= 0.6 is 0 Å². The van der Waals surface area contributed by atoms with Crippen molar-refractivity contribution in [3.8, 4) is 0 Å². The molecule has 96 valence electrons. The number of hydrogen-bond donors (Lipinski definition) is 2. The van der Waals surface area contributed by atoms with Crippen LogP contribution < -0.4 is 5.32 Å². The van der Waals surface area contributed by atoms with Gasteiger partial charge >= 0.3 is 0 Å². The van der Waals surface area contributed by atoms with E-state index in [9.17, 15) is 4.39 Å². The Balaban J connectivity index is 1.93. The van der Waals surface area contributed by atoms with Crippen LogP contribution in [0.25, 0.3) is 0 Å². The van der Waals surface area contributed by atoms with Crippen molar-refractivity contribution in [1.29, 1.82) is 0 Å². The number of halogens is 1. The average molecular weight is 249 g/mol. The fraction of sp³-hybridized carbons (Fsp3) is 0.286. The van der Waals surface area contributed by atoms with Crippen molar-refractivity contribution >= 4 is 0 Å². The van der Waals surface area contributed by atoms with Gasteiger partial charge in [-0.1, -0.05) is 12.1 Å². The van der Waals surface area contributed by atoms with E-state index in [1.807, 2.05) is 19.1 Å². The predicted molar refractivity (Wildman–Crippen MR) is 66.3 cm³/mol. The highest BCUT2D eigenvalue weighted by atomic mass is 19.1. The Kier molecular flexibility index (Phi) is 4.12. The van der Waals surface area contributed by atoms with Crippen molar-refractivity contribution in [1.82, 2.24) is 5.32 Å². The van der Waals surface area contributed by atoms with Crippen LogP contribution in [0.5, 0.6) is 0 Å². The van der Waals surface area contributed by atoms with Crippen LogP contribution in [0.4, 0.5) is 4.39 Å². The summed E-state index contributed by atoms with van der Waals surface area (Å²) in [6, 6.07) is 10.1. The second kappa shape index (κ2) is 5.80. The standard InChI is InChI=1S/C14H16FNO2/c1-10(11-3-2-4-12(15)7-11)16-8-13-5-6-14(9-17)18-13/h2-7,10,16-17H,8-9H2,1H3/t10-/m0/s1. The van der Waals surface area contributed by atoms with Crippen LogP contribution in [0.2, 0.25) is 0 Å². The van der Waals surface area contributed by atoms with Crippen molar-refractivity contribution in [3.05, 3.63) is 59.3 Å². The Bertz CT molecular complexity index is 510. The highest BCUT2D eigenvalue weighted by molar-refractivity contribution is 5.19. The summed E-state index contributed by atoms with van der Waals surface area (Å²) < 4.78 is 18.4. The summed E-state index contributed by atoms with van der Waals surface area (Å²) in [4.78, 5) is 0. The summed E-state index contributed by atoms with van der Waals surface area (Å²) >= 11 is 0. The number of hydrogen-bond acceptors (Lipinski definition) is 3. The van der Waals surface area contributed by atoms with Crippen LogP contribution in [0.1, 0.15) is 30.0 Å². The summed E-state index contributed by atoms with van der Waals surface area (Å²) in [5, 5.41) is 12.1. The predicted octanol–water partition coefficient (Wildman–Crippen LogP) is 2.76. The molecule has 0 saturated heterocycles. The van der Waals surface area contributed by atoms with Crippen LogP contribution in [0.3, 0.4) is 0 Å². The zero-order valence-electron chi connectivity index (χ0n) is 10.2. The van der Waals surface area contributed by atoms with Crippen LogP contribution in [-0.2, 0) is 13.2 Å². The van der Waals surface area contributed by atoms with E-state index in [2.05, 4.69) is 5.32 Å². The first-order valence-electron chi connectivity index (χ1n) is 5.86. The smallest absolute Gasteiger partial charge is 0.129 e. The molecule has 0 bridgehead atoms. The quantitative estimate of drug-likeness (QED) is 0.856. The van der Waals surface area contributed by atoms with Crippen LogP contribution in [0.15, 0.2) is 40.8 Å². The van der Waals surface area contributed by atoms with Gasteiger partial charge in [0, 0.05) is 6.04 Å². The van der Waals surface area contributed by atoms with Gasteiger partial charge in [0.15, 0.2) is 0 Å². The first-order chi connectivity index (χ1) is 8.69. The monoisotopic (exact) mass is 249 g/mol. The third kappa shape index (κ3) is 3.18. The van der Waals surface area contributed by atoms with Crippen molar-refractivity contribution in [2.45, 2.75) is 26.1 Å². The maximum Gasteiger partial charge on any atom is 0.129 e. The normalized spacial score (nSPS) is 12.6. The fourth-order valence-corrected chi connectivity index (χ4v) is 1.75. The van der Waals surface area contributed by atoms with E-state index in [0.29, 0.717) is 12.3 Å². The van der Waals surface area contributed by atoms with Crippen molar-refractivity contribution in [2.75, 3.05) is 0 Å². The molecule has 1 atom stereocenters. The van der Waals surface area contributed by atoms with Crippen molar-refractivity contribution < 1.29 is 13.9 Å². The lowest BCUT2D eigenvalue weighted by Gasteiger charge is -2.13. The lowest BCUT2D eigenvalue weighted by Crippen LogP contribution is -2.17. The third-order valence-electron chi connectivity index (χ3n) is 2.80. The fourth-order valence-electron chi connectivity index (χ4n) is 1.75. The average Bonchev–Trinajstić information content (AvgIpc) is 2.84. The van der Waals surface area contributed by atoms with Crippen molar-refractivity contribution in [2.24, 2.45) is 0 Å². The minimum absolute atomic E-state index is 0.0309. The molecule has 0 aliphatic carbocycles. The van der Waals surface area contributed by atoms with Gasteiger partial charge in [-0.3, -0.25) is 0 Å². The Labute approximate surface area is 105 Å². The highest BCUT2D eigenvalue weighted by Gasteiger charge is 2.07. The molecule has 0 fully saturated rings.